The molecule has 2 rings (SSSR count). The van der Waals surface area contributed by atoms with Gasteiger partial charge in [0.05, 0.1) is 12.1 Å². The predicted molar refractivity (Wildman–Crippen MR) is 94.7 cm³/mol. The fourth-order valence-corrected chi connectivity index (χ4v) is 2.90. The summed E-state index contributed by atoms with van der Waals surface area (Å²) in [4.78, 5) is 12.1. The number of aliphatic hydroxyl groups excluding tert-OH is 1. The quantitative estimate of drug-likeness (QED) is 0.774. The van der Waals surface area contributed by atoms with Crippen molar-refractivity contribution in [1.29, 1.82) is 0 Å². The molecule has 0 aromatic heterocycles. The number of carbonyl (C=O) groups is 1. The maximum atomic E-state index is 12.1. The van der Waals surface area contributed by atoms with E-state index < -0.39 is 11.7 Å². The SMILES string of the molecule is CC(C)(C)OC(=O)NC(CNC1CC(O)C1(C)C)c1ccccc1. The molecule has 1 aromatic rings. The second kappa shape index (κ2) is 7.11. The first-order chi connectivity index (χ1) is 11.1. The highest BCUT2D eigenvalue weighted by molar-refractivity contribution is 5.68. The topological polar surface area (TPSA) is 70.6 Å². The van der Waals surface area contributed by atoms with Gasteiger partial charge in [0.1, 0.15) is 5.60 Å². The highest BCUT2D eigenvalue weighted by Gasteiger charge is 2.47. The molecule has 0 heterocycles. The Morgan fingerprint density at radius 2 is 1.96 bits per heavy atom. The van der Waals surface area contributed by atoms with E-state index in [1.54, 1.807) is 0 Å². The minimum absolute atomic E-state index is 0.146. The van der Waals surface area contributed by atoms with E-state index in [4.69, 9.17) is 4.74 Å². The second-order valence-corrected chi connectivity index (χ2v) is 8.14. The van der Waals surface area contributed by atoms with Crippen LogP contribution in [0.4, 0.5) is 4.79 Å². The molecular formula is C19H30N2O3. The number of nitrogens with one attached hydrogen (secondary N) is 2. The van der Waals surface area contributed by atoms with E-state index >= 15 is 0 Å². The lowest BCUT2D eigenvalue weighted by molar-refractivity contribution is -0.0728. The molecule has 0 aliphatic heterocycles. The Morgan fingerprint density at radius 1 is 1.33 bits per heavy atom. The molecule has 3 atom stereocenters. The van der Waals surface area contributed by atoms with Crippen LogP contribution in [-0.4, -0.2) is 35.5 Å². The van der Waals surface area contributed by atoms with Gasteiger partial charge in [-0.05, 0) is 32.8 Å². The monoisotopic (exact) mass is 334 g/mol. The Hall–Kier alpha value is -1.59. The summed E-state index contributed by atoms with van der Waals surface area (Å²) < 4.78 is 5.38. The number of hydrogen-bond donors (Lipinski definition) is 3. The van der Waals surface area contributed by atoms with Crippen molar-refractivity contribution in [2.75, 3.05) is 6.54 Å². The summed E-state index contributed by atoms with van der Waals surface area (Å²) in [6, 6.07) is 9.89. The molecule has 24 heavy (non-hydrogen) atoms. The van der Waals surface area contributed by atoms with Crippen molar-refractivity contribution >= 4 is 6.09 Å². The molecule has 3 unspecified atom stereocenters. The molecule has 5 heteroatoms. The van der Waals surface area contributed by atoms with Gasteiger partial charge in [0, 0.05) is 18.0 Å². The van der Waals surface area contributed by atoms with Gasteiger partial charge in [0.2, 0.25) is 0 Å². The number of aliphatic hydroxyl groups is 1. The molecule has 0 bridgehead atoms. The first-order valence-corrected chi connectivity index (χ1v) is 8.55. The van der Waals surface area contributed by atoms with Crippen molar-refractivity contribution in [3.63, 3.8) is 0 Å². The van der Waals surface area contributed by atoms with Crippen LogP contribution in [0.3, 0.4) is 0 Å². The Labute approximate surface area is 144 Å². The molecular weight excluding hydrogens is 304 g/mol. The molecule has 3 N–H and O–H groups in total. The second-order valence-electron chi connectivity index (χ2n) is 8.14. The zero-order chi connectivity index (χ0) is 18.0. The van der Waals surface area contributed by atoms with E-state index in [1.165, 1.54) is 0 Å². The molecule has 1 aliphatic carbocycles. The fraction of sp³-hybridized carbons (Fsp3) is 0.632. The van der Waals surface area contributed by atoms with Crippen LogP contribution < -0.4 is 10.6 Å². The number of hydrogen-bond acceptors (Lipinski definition) is 4. The molecule has 1 aromatic carbocycles. The average Bonchev–Trinajstić information content (AvgIpc) is 2.49. The lowest BCUT2D eigenvalue weighted by atomic mass is 9.64. The van der Waals surface area contributed by atoms with Gasteiger partial charge in [-0.2, -0.15) is 0 Å². The van der Waals surface area contributed by atoms with Crippen molar-refractivity contribution in [2.24, 2.45) is 5.41 Å². The fourth-order valence-electron chi connectivity index (χ4n) is 2.90. The van der Waals surface area contributed by atoms with Gasteiger partial charge in [0.15, 0.2) is 0 Å². The van der Waals surface area contributed by atoms with Crippen LogP contribution >= 0.6 is 0 Å². The van der Waals surface area contributed by atoms with Crippen LogP contribution in [0.2, 0.25) is 0 Å². The highest BCUT2D eigenvalue weighted by atomic mass is 16.6. The maximum Gasteiger partial charge on any atom is 0.408 e. The first kappa shape index (κ1) is 18.7. The Morgan fingerprint density at radius 3 is 2.46 bits per heavy atom. The summed E-state index contributed by atoms with van der Waals surface area (Å²) in [6.07, 6.45) is 0.0380. The van der Waals surface area contributed by atoms with Crippen molar-refractivity contribution < 1.29 is 14.6 Å². The summed E-state index contributed by atoms with van der Waals surface area (Å²) in [5, 5.41) is 16.3. The predicted octanol–water partition coefficient (Wildman–Crippen LogP) is 3.00. The van der Waals surface area contributed by atoms with Crippen LogP contribution in [-0.2, 0) is 4.74 Å². The molecule has 134 valence electrons. The summed E-state index contributed by atoms with van der Waals surface area (Å²) in [5.74, 6) is 0. The van der Waals surface area contributed by atoms with Gasteiger partial charge in [-0.1, -0.05) is 44.2 Å². The number of rotatable bonds is 5. The van der Waals surface area contributed by atoms with Crippen molar-refractivity contribution in [3.8, 4) is 0 Å². The minimum atomic E-state index is -0.529. The zero-order valence-electron chi connectivity index (χ0n) is 15.3. The van der Waals surface area contributed by atoms with Gasteiger partial charge < -0.3 is 20.5 Å². The van der Waals surface area contributed by atoms with E-state index in [9.17, 15) is 9.90 Å². The van der Waals surface area contributed by atoms with Gasteiger partial charge in [-0.15, -0.1) is 0 Å². The minimum Gasteiger partial charge on any atom is -0.444 e. The van der Waals surface area contributed by atoms with Gasteiger partial charge in [0.25, 0.3) is 0 Å². The summed E-state index contributed by atoms with van der Waals surface area (Å²) >= 11 is 0. The van der Waals surface area contributed by atoms with E-state index in [1.807, 2.05) is 51.1 Å². The zero-order valence-corrected chi connectivity index (χ0v) is 15.3. The third kappa shape index (κ3) is 4.71. The summed E-state index contributed by atoms with van der Waals surface area (Å²) in [7, 11) is 0. The largest absolute Gasteiger partial charge is 0.444 e. The molecule has 1 saturated carbocycles. The van der Waals surface area contributed by atoms with Gasteiger partial charge >= 0.3 is 6.09 Å². The molecule has 0 saturated heterocycles. The summed E-state index contributed by atoms with van der Waals surface area (Å²) in [5.41, 5.74) is 0.347. The number of amides is 1. The van der Waals surface area contributed by atoms with E-state index in [-0.39, 0.29) is 23.6 Å². The van der Waals surface area contributed by atoms with Crippen molar-refractivity contribution in [2.45, 2.75) is 64.8 Å². The molecule has 1 fully saturated rings. The number of carbonyl (C=O) groups excluding carboxylic acids is 1. The van der Waals surface area contributed by atoms with E-state index in [2.05, 4.69) is 24.5 Å². The number of ether oxygens (including phenoxy) is 1. The molecule has 5 nitrogen and oxygen atoms in total. The third-order valence-corrected chi connectivity index (χ3v) is 4.68. The third-order valence-electron chi connectivity index (χ3n) is 4.68. The van der Waals surface area contributed by atoms with Gasteiger partial charge in [-0.25, -0.2) is 4.79 Å². The van der Waals surface area contributed by atoms with Crippen LogP contribution in [0.5, 0.6) is 0 Å². The molecule has 1 amide bonds. The first-order valence-electron chi connectivity index (χ1n) is 8.55. The lowest BCUT2D eigenvalue weighted by Gasteiger charge is -2.50. The standard InChI is InChI=1S/C19H30N2O3/c1-18(2,3)24-17(23)21-14(13-9-7-6-8-10-13)12-20-15-11-16(22)19(15,4)5/h6-10,14-16,20,22H,11-12H2,1-5H3,(H,21,23). The van der Waals surface area contributed by atoms with Crippen molar-refractivity contribution in [1.82, 2.24) is 10.6 Å². The maximum absolute atomic E-state index is 12.1. The number of alkyl carbamates (subject to hydrolysis) is 1. The van der Waals surface area contributed by atoms with Crippen molar-refractivity contribution in [3.05, 3.63) is 35.9 Å². The van der Waals surface area contributed by atoms with Crippen LogP contribution in [0.1, 0.15) is 52.6 Å². The number of benzene rings is 1. The smallest absolute Gasteiger partial charge is 0.408 e. The van der Waals surface area contributed by atoms with Crippen LogP contribution in [0, 0.1) is 5.41 Å². The normalized spacial score (nSPS) is 23.9. The highest BCUT2D eigenvalue weighted by Crippen LogP contribution is 2.40. The molecule has 1 aliphatic rings. The van der Waals surface area contributed by atoms with Crippen LogP contribution in [0.25, 0.3) is 0 Å². The summed E-state index contributed by atoms with van der Waals surface area (Å²) in [6.45, 7) is 10.2. The molecule has 0 spiro atoms. The Kier molecular flexibility index (Phi) is 5.56. The van der Waals surface area contributed by atoms with E-state index in [0.29, 0.717) is 6.54 Å². The van der Waals surface area contributed by atoms with E-state index in [0.717, 1.165) is 12.0 Å². The lowest BCUT2D eigenvalue weighted by Crippen LogP contribution is -2.60. The van der Waals surface area contributed by atoms with Crippen LogP contribution in [0.15, 0.2) is 30.3 Å². The average molecular weight is 334 g/mol. The molecule has 0 radical (unpaired) electrons. The van der Waals surface area contributed by atoms with Gasteiger partial charge in [-0.3, -0.25) is 0 Å². The Balaban J connectivity index is 2.00. The Bertz CT molecular complexity index is 551.